The van der Waals surface area contributed by atoms with E-state index >= 15 is 0 Å². The molecular weight excluding hydrogens is 309 g/mol. The second kappa shape index (κ2) is 6.30. The highest BCUT2D eigenvalue weighted by Gasteiger charge is 2.23. The van der Waals surface area contributed by atoms with Crippen LogP contribution in [-0.4, -0.2) is 16.1 Å². The van der Waals surface area contributed by atoms with Crippen molar-refractivity contribution in [1.82, 2.24) is 14.9 Å². The van der Waals surface area contributed by atoms with Crippen molar-refractivity contribution in [2.24, 2.45) is 0 Å². The molecular formula is C14H17BrFN3. The van der Waals surface area contributed by atoms with Crippen molar-refractivity contribution >= 4 is 15.9 Å². The number of benzene rings is 1. The second-order valence-corrected chi connectivity index (χ2v) is 5.05. The van der Waals surface area contributed by atoms with E-state index in [-0.39, 0.29) is 11.9 Å². The Morgan fingerprint density at radius 3 is 2.84 bits per heavy atom. The lowest BCUT2D eigenvalue weighted by Crippen LogP contribution is -2.26. The Bertz CT molecular complexity index is 533. The molecule has 2 aromatic rings. The van der Waals surface area contributed by atoms with Crippen molar-refractivity contribution in [2.45, 2.75) is 26.4 Å². The first-order chi connectivity index (χ1) is 9.19. The van der Waals surface area contributed by atoms with E-state index in [0.29, 0.717) is 5.56 Å². The molecule has 0 saturated carbocycles. The highest BCUT2D eigenvalue weighted by molar-refractivity contribution is 9.10. The van der Waals surface area contributed by atoms with Gasteiger partial charge in [0, 0.05) is 29.0 Å². The molecule has 0 spiro atoms. The summed E-state index contributed by atoms with van der Waals surface area (Å²) in [6, 6.07) is 4.76. The third kappa shape index (κ3) is 2.87. The average molecular weight is 326 g/mol. The van der Waals surface area contributed by atoms with Crippen molar-refractivity contribution in [2.75, 3.05) is 6.54 Å². The number of hydrogen-bond donors (Lipinski definition) is 1. The van der Waals surface area contributed by atoms with Gasteiger partial charge in [0.15, 0.2) is 0 Å². The number of hydrogen-bond acceptors (Lipinski definition) is 2. The van der Waals surface area contributed by atoms with Gasteiger partial charge in [-0.25, -0.2) is 9.37 Å². The van der Waals surface area contributed by atoms with Crippen LogP contribution in [0.4, 0.5) is 4.39 Å². The Labute approximate surface area is 121 Å². The predicted octanol–water partition coefficient (Wildman–Crippen LogP) is 3.50. The van der Waals surface area contributed by atoms with E-state index in [4.69, 9.17) is 0 Å². The number of nitrogens with one attached hydrogen (secondary N) is 1. The first kappa shape index (κ1) is 14.2. The van der Waals surface area contributed by atoms with Crippen molar-refractivity contribution in [3.05, 3.63) is 52.3 Å². The van der Waals surface area contributed by atoms with Crippen LogP contribution < -0.4 is 5.32 Å². The van der Waals surface area contributed by atoms with E-state index in [0.717, 1.165) is 23.4 Å². The van der Waals surface area contributed by atoms with Crippen LogP contribution in [0.15, 0.2) is 35.1 Å². The summed E-state index contributed by atoms with van der Waals surface area (Å²) in [7, 11) is 0. The smallest absolute Gasteiger partial charge is 0.130 e. The molecule has 1 unspecified atom stereocenters. The fourth-order valence-electron chi connectivity index (χ4n) is 2.16. The Hall–Kier alpha value is -1.20. The third-order valence-corrected chi connectivity index (χ3v) is 3.73. The van der Waals surface area contributed by atoms with Crippen LogP contribution in [0.25, 0.3) is 0 Å². The van der Waals surface area contributed by atoms with Gasteiger partial charge in [-0.2, -0.15) is 0 Å². The molecule has 19 heavy (non-hydrogen) atoms. The average Bonchev–Trinajstić information content (AvgIpc) is 2.85. The standard InChI is InChI=1S/C14H17BrFN3/c1-3-17-13(14-18-8-9-19(14)4-2)12-10(15)6-5-7-11(12)16/h5-9,13,17H,3-4H2,1-2H3. The zero-order chi connectivity index (χ0) is 13.8. The lowest BCUT2D eigenvalue weighted by atomic mass is 10.1. The fraction of sp³-hybridized carbons (Fsp3) is 0.357. The monoisotopic (exact) mass is 325 g/mol. The van der Waals surface area contributed by atoms with Gasteiger partial charge in [-0.3, -0.25) is 0 Å². The van der Waals surface area contributed by atoms with E-state index in [1.54, 1.807) is 12.3 Å². The Morgan fingerprint density at radius 2 is 2.21 bits per heavy atom. The van der Waals surface area contributed by atoms with E-state index in [1.807, 2.05) is 30.7 Å². The molecule has 5 heteroatoms. The molecule has 0 bridgehead atoms. The van der Waals surface area contributed by atoms with Crippen molar-refractivity contribution in [3.8, 4) is 0 Å². The summed E-state index contributed by atoms with van der Waals surface area (Å²) in [6.45, 7) is 5.59. The van der Waals surface area contributed by atoms with Gasteiger partial charge in [-0.1, -0.05) is 28.9 Å². The first-order valence-corrected chi connectivity index (χ1v) is 7.16. The molecule has 1 aromatic carbocycles. The number of nitrogens with zero attached hydrogens (tertiary/aromatic N) is 2. The predicted molar refractivity (Wildman–Crippen MR) is 77.5 cm³/mol. The summed E-state index contributed by atoms with van der Waals surface area (Å²) >= 11 is 3.43. The molecule has 0 radical (unpaired) electrons. The van der Waals surface area contributed by atoms with Crippen molar-refractivity contribution in [1.29, 1.82) is 0 Å². The molecule has 0 saturated heterocycles. The highest BCUT2D eigenvalue weighted by Crippen LogP contribution is 2.30. The van der Waals surface area contributed by atoms with Crippen LogP contribution in [0.2, 0.25) is 0 Å². The molecule has 1 N–H and O–H groups in total. The third-order valence-electron chi connectivity index (χ3n) is 3.04. The summed E-state index contributed by atoms with van der Waals surface area (Å²) in [5, 5.41) is 3.30. The van der Waals surface area contributed by atoms with E-state index in [2.05, 4.69) is 26.2 Å². The minimum absolute atomic E-state index is 0.231. The highest BCUT2D eigenvalue weighted by atomic mass is 79.9. The molecule has 0 amide bonds. The Kier molecular flexibility index (Phi) is 4.71. The number of rotatable bonds is 5. The van der Waals surface area contributed by atoms with Gasteiger partial charge in [-0.05, 0) is 25.6 Å². The lowest BCUT2D eigenvalue weighted by molar-refractivity contribution is 0.520. The van der Waals surface area contributed by atoms with Crippen LogP contribution in [0.5, 0.6) is 0 Å². The number of aromatic nitrogens is 2. The minimum atomic E-state index is -0.254. The molecule has 0 fully saturated rings. The van der Waals surface area contributed by atoms with Gasteiger partial charge in [0.1, 0.15) is 11.6 Å². The van der Waals surface area contributed by atoms with E-state index in [9.17, 15) is 4.39 Å². The normalized spacial score (nSPS) is 12.6. The summed E-state index contributed by atoms with van der Waals surface area (Å²) in [5.41, 5.74) is 0.602. The zero-order valence-corrected chi connectivity index (χ0v) is 12.6. The summed E-state index contributed by atoms with van der Waals surface area (Å²) < 4.78 is 16.9. The maximum atomic E-state index is 14.1. The molecule has 1 aromatic heterocycles. The largest absolute Gasteiger partial charge is 0.334 e. The molecule has 2 rings (SSSR count). The number of aryl methyl sites for hydroxylation is 1. The molecule has 0 aliphatic heterocycles. The first-order valence-electron chi connectivity index (χ1n) is 6.37. The van der Waals surface area contributed by atoms with Gasteiger partial charge in [0.2, 0.25) is 0 Å². The molecule has 102 valence electrons. The lowest BCUT2D eigenvalue weighted by Gasteiger charge is -2.20. The fourth-order valence-corrected chi connectivity index (χ4v) is 2.73. The summed E-state index contributed by atoms with van der Waals surface area (Å²) in [4.78, 5) is 4.38. The van der Waals surface area contributed by atoms with E-state index < -0.39 is 0 Å². The minimum Gasteiger partial charge on any atom is -0.334 e. The van der Waals surface area contributed by atoms with Crippen molar-refractivity contribution < 1.29 is 4.39 Å². The van der Waals surface area contributed by atoms with Gasteiger partial charge in [-0.15, -0.1) is 0 Å². The van der Waals surface area contributed by atoms with Gasteiger partial charge < -0.3 is 9.88 Å². The number of imidazole rings is 1. The number of halogens is 2. The zero-order valence-electron chi connectivity index (χ0n) is 11.0. The van der Waals surface area contributed by atoms with Crippen LogP contribution in [0.3, 0.4) is 0 Å². The maximum absolute atomic E-state index is 14.1. The van der Waals surface area contributed by atoms with Crippen LogP contribution in [0, 0.1) is 5.82 Å². The van der Waals surface area contributed by atoms with Gasteiger partial charge in [0.25, 0.3) is 0 Å². The molecule has 1 heterocycles. The molecule has 3 nitrogen and oxygen atoms in total. The van der Waals surface area contributed by atoms with Gasteiger partial charge >= 0.3 is 0 Å². The van der Waals surface area contributed by atoms with E-state index in [1.165, 1.54) is 6.07 Å². The van der Waals surface area contributed by atoms with Crippen LogP contribution in [0.1, 0.15) is 31.3 Å². The van der Waals surface area contributed by atoms with Crippen LogP contribution in [-0.2, 0) is 6.54 Å². The SMILES string of the molecule is CCNC(c1c(F)cccc1Br)c1nccn1CC. The molecule has 1 atom stereocenters. The topological polar surface area (TPSA) is 29.9 Å². The molecule has 0 aliphatic carbocycles. The Balaban J connectivity index is 2.52. The summed E-state index contributed by atoms with van der Waals surface area (Å²) in [5.74, 6) is 0.598. The maximum Gasteiger partial charge on any atom is 0.130 e. The Morgan fingerprint density at radius 1 is 1.42 bits per heavy atom. The molecule has 0 aliphatic rings. The van der Waals surface area contributed by atoms with Crippen LogP contribution >= 0.6 is 15.9 Å². The quantitative estimate of drug-likeness (QED) is 0.911. The van der Waals surface area contributed by atoms with Crippen molar-refractivity contribution in [3.63, 3.8) is 0 Å². The van der Waals surface area contributed by atoms with Gasteiger partial charge in [0.05, 0.1) is 6.04 Å². The second-order valence-electron chi connectivity index (χ2n) is 4.20. The summed E-state index contributed by atoms with van der Waals surface area (Å²) in [6.07, 6.45) is 3.66.